The average Bonchev–Trinajstić information content (AvgIpc) is 3.32. The summed E-state index contributed by atoms with van der Waals surface area (Å²) in [5.41, 5.74) is 2.19. The first kappa shape index (κ1) is 18.9. The molecule has 0 spiro atoms. The van der Waals surface area contributed by atoms with Crippen LogP contribution in [0.25, 0.3) is 11.0 Å². The zero-order chi connectivity index (χ0) is 19.3. The van der Waals surface area contributed by atoms with Crippen LogP contribution in [0.2, 0.25) is 5.02 Å². The lowest BCUT2D eigenvalue weighted by atomic mass is 10.00. The summed E-state index contributed by atoms with van der Waals surface area (Å²) in [7, 11) is 0. The molecule has 1 aliphatic rings. The number of amides is 1. The second kappa shape index (κ2) is 8.70. The first-order valence-corrected chi connectivity index (χ1v) is 10.1. The van der Waals surface area contributed by atoms with Crippen LogP contribution in [0.3, 0.4) is 0 Å². The molecule has 9 heteroatoms. The molecule has 2 aromatic heterocycles. The molecule has 8 nitrogen and oxygen atoms in total. The Morgan fingerprint density at radius 2 is 2.32 bits per heavy atom. The lowest BCUT2D eigenvalue weighted by molar-refractivity contribution is 0.0948. The van der Waals surface area contributed by atoms with E-state index >= 15 is 0 Å². The zero-order valence-corrected chi connectivity index (χ0v) is 16.4. The summed E-state index contributed by atoms with van der Waals surface area (Å²) in [6.45, 7) is 3.43. The van der Waals surface area contributed by atoms with Crippen LogP contribution in [-0.4, -0.2) is 50.5 Å². The molecule has 0 radical (unpaired) electrons. The van der Waals surface area contributed by atoms with E-state index < -0.39 is 0 Å². The van der Waals surface area contributed by atoms with E-state index in [2.05, 4.69) is 30.9 Å². The van der Waals surface area contributed by atoms with E-state index in [1.165, 1.54) is 12.8 Å². The standard InChI is InChI=1S/C19H24ClN7O/c20-14-5-6-15-16(9-14)24-18(23-15)4-2-8-22-19(28)17-12-27(26-25-17)11-13-3-1-7-21-10-13/h5-6,9,12-13,21H,1-4,7-8,10-11H2,(H,22,28)(H,23,24)/t13-/m1/s1. The number of hydrogen-bond donors (Lipinski definition) is 3. The number of hydrogen-bond acceptors (Lipinski definition) is 5. The number of aromatic nitrogens is 5. The maximum atomic E-state index is 12.3. The molecule has 0 aliphatic carbocycles. The van der Waals surface area contributed by atoms with E-state index in [1.54, 1.807) is 10.9 Å². The summed E-state index contributed by atoms with van der Waals surface area (Å²) in [5, 5.41) is 15.1. The van der Waals surface area contributed by atoms with Crippen molar-refractivity contribution in [1.82, 2.24) is 35.6 Å². The normalized spacial score (nSPS) is 17.1. The van der Waals surface area contributed by atoms with Gasteiger partial charge in [-0.3, -0.25) is 9.48 Å². The maximum Gasteiger partial charge on any atom is 0.273 e. The Bertz CT molecular complexity index is 945. The van der Waals surface area contributed by atoms with Crippen LogP contribution < -0.4 is 10.6 Å². The van der Waals surface area contributed by atoms with Gasteiger partial charge in [-0.05, 0) is 56.5 Å². The lowest BCUT2D eigenvalue weighted by Crippen LogP contribution is -2.32. The molecule has 3 N–H and O–H groups in total. The quantitative estimate of drug-likeness (QED) is 0.527. The van der Waals surface area contributed by atoms with Gasteiger partial charge >= 0.3 is 0 Å². The number of aromatic amines is 1. The van der Waals surface area contributed by atoms with Gasteiger partial charge in [-0.2, -0.15) is 0 Å². The topological polar surface area (TPSA) is 101 Å². The number of piperidine rings is 1. The highest BCUT2D eigenvalue weighted by molar-refractivity contribution is 6.31. The van der Waals surface area contributed by atoms with Gasteiger partial charge < -0.3 is 15.6 Å². The molecule has 1 atom stereocenters. The summed E-state index contributed by atoms with van der Waals surface area (Å²) < 4.78 is 1.77. The number of imidazole rings is 1. The minimum absolute atomic E-state index is 0.190. The molecule has 1 aliphatic heterocycles. The van der Waals surface area contributed by atoms with Crippen LogP contribution in [-0.2, 0) is 13.0 Å². The molecule has 1 fully saturated rings. The predicted octanol–water partition coefficient (Wildman–Crippen LogP) is 2.17. The molecule has 1 aromatic carbocycles. The number of fused-ring (bicyclic) bond motifs is 1. The van der Waals surface area contributed by atoms with Gasteiger partial charge in [0.2, 0.25) is 0 Å². The number of nitrogens with zero attached hydrogens (tertiary/aromatic N) is 4. The molecule has 1 saturated heterocycles. The number of benzene rings is 1. The second-order valence-electron chi connectivity index (χ2n) is 7.24. The highest BCUT2D eigenvalue weighted by atomic mass is 35.5. The van der Waals surface area contributed by atoms with E-state index in [0.717, 1.165) is 49.3 Å². The van der Waals surface area contributed by atoms with Crippen molar-refractivity contribution in [3.63, 3.8) is 0 Å². The van der Waals surface area contributed by atoms with Crippen molar-refractivity contribution in [2.45, 2.75) is 32.2 Å². The lowest BCUT2D eigenvalue weighted by Gasteiger charge is -2.22. The Labute approximate surface area is 168 Å². The van der Waals surface area contributed by atoms with E-state index in [1.807, 2.05) is 18.2 Å². The van der Waals surface area contributed by atoms with Gasteiger partial charge in [0.1, 0.15) is 5.82 Å². The summed E-state index contributed by atoms with van der Waals surface area (Å²) in [6, 6.07) is 5.58. The Balaban J connectivity index is 1.22. The van der Waals surface area contributed by atoms with Crippen LogP contribution in [0, 0.1) is 5.92 Å². The minimum Gasteiger partial charge on any atom is -0.351 e. The molecule has 3 aromatic rings. The van der Waals surface area contributed by atoms with E-state index in [-0.39, 0.29) is 5.91 Å². The summed E-state index contributed by atoms with van der Waals surface area (Å²) in [4.78, 5) is 20.1. The zero-order valence-electron chi connectivity index (χ0n) is 15.6. The molecule has 0 unspecified atom stereocenters. The summed E-state index contributed by atoms with van der Waals surface area (Å²) >= 11 is 5.99. The van der Waals surface area contributed by atoms with Gasteiger partial charge in [-0.1, -0.05) is 16.8 Å². The predicted molar refractivity (Wildman–Crippen MR) is 107 cm³/mol. The number of carbonyl (C=O) groups is 1. The smallest absolute Gasteiger partial charge is 0.273 e. The Hall–Kier alpha value is -2.45. The third-order valence-electron chi connectivity index (χ3n) is 4.98. The Morgan fingerprint density at radius 3 is 3.18 bits per heavy atom. The van der Waals surface area contributed by atoms with Crippen molar-refractivity contribution in [3.05, 3.63) is 40.9 Å². The van der Waals surface area contributed by atoms with Crippen molar-refractivity contribution in [2.75, 3.05) is 19.6 Å². The number of rotatable bonds is 7. The van der Waals surface area contributed by atoms with E-state index in [0.29, 0.717) is 23.2 Å². The molecule has 4 rings (SSSR count). The van der Waals surface area contributed by atoms with Gasteiger partial charge in [0.15, 0.2) is 5.69 Å². The van der Waals surface area contributed by atoms with Crippen LogP contribution in [0.4, 0.5) is 0 Å². The number of carbonyl (C=O) groups excluding carboxylic acids is 1. The molecular weight excluding hydrogens is 378 g/mol. The van der Waals surface area contributed by atoms with Gasteiger partial charge in [0, 0.05) is 24.5 Å². The molecular formula is C19H24ClN7O. The Kier molecular flexibility index (Phi) is 5.87. The number of halogens is 1. The highest BCUT2D eigenvalue weighted by Gasteiger charge is 2.16. The van der Waals surface area contributed by atoms with Gasteiger partial charge in [-0.15, -0.1) is 5.10 Å². The van der Waals surface area contributed by atoms with Crippen molar-refractivity contribution >= 4 is 28.5 Å². The highest BCUT2D eigenvalue weighted by Crippen LogP contribution is 2.17. The van der Waals surface area contributed by atoms with Crippen molar-refractivity contribution in [3.8, 4) is 0 Å². The van der Waals surface area contributed by atoms with Gasteiger partial charge in [-0.25, -0.2) is 4.98 Å². The molecule has 0 bridgehead atoms. The van der Waals surface area contributed by atoms with E-state index in [9.17, 15) is 4.79 Å². The molecule has 3 heterocycles. The molecule has 0 saturated carbocycles. The Morgan fingerprint density at radius 1 is 1.39 bits per heavy atom. The third kappa shape index (κ3) is 4.69. The number of nitrogens with one attached hydrogen (secondary N) is 3. The molecule has 1 amide bonds. The molecule has 148 valence electrons. The first-order valence-electron chi connectivity index (χ1n) is 9.70. The van der Waals surface area contributed by atoms with Crippen LogP contribution in [0.1, 0.15) is 35.6 Å². The summed E-state index contributed by atoms with van der Waals surface area (Å²) in [6.07, 6.45) is 5.62. The van der Waals surface area contributed by atoms with Crippen molar-refractivity contribution < 1.29 is 4.79 Å². The number of H-pyrrole nitrogens is 1. The monoisotopic (exact) mass is 401 g/mol. The minimum atomic E-state index is -0.190. The second-order valence-corrected chi connectivity index (χ2v) is 7.68. The first-order chi connectivity index (χ1) is 13.7. The fraction of sp³-hybridized carbons (Fsp3) is 0.474. The fourth-order valence-corrected chi connectivity index (χ4v) is 3.71. The fourth-order valence-electron chi connectivity index (χ4n) is 3.54. The van der Waals surface area contributed by atoms with E-state index in [4.69, 9.17) is 11.6 Å². The van der Waals surface area contributed by atoms with Crippen molar-refractivity contribution in [1.29, 1.82) is 0 Å². The largest absolute Gasteiger partial charge is 0.351 e. The van der Waals surface area contributed by atoms with Crippen LogP contribution in [0.5, 0.6) is 0 Å². The van der Waals surface area contributed by atoms with Crippen LogP contribution >= 0.6 is 11.6 Å². The summed E-state index contributed by atoms with van der Waals surface area (Å²) in [5.74, 6) is 1.24. The third-order valence-corrected chi connectivity index (χ3v) is 5.22. The molecule has 28 heavy (non-hydrogen) atoms. The van der Waals surface area contributed by atoms with Crippen molar-refractivity contribution in [2.24, 2.45) is 5.92 Å². The van der Waals surface area contributed by atoms with Crippen LogP contribution in [0.15, 0.2) is 24.4 Å². The van der Waals surface area contributed by atoms with Gasteiger partial charge in [0.05, 0.1) is 17.2 Å². The maximum absolute atomic E-state index is 12.3. The SMILES string of the molecule is O=C(NCCCc1nc2ccc(Cl)cc2[nH]1)c1cn(C[C@@H]2CCCNC2)nn1. The van der Waals surface area contributed by atoms with Gasteiger partial charge in [0.25, 0.3) is 5.91 Å². The average molecular weight is 402 g/mol. The number of aryl methyl sites for hydroxylation is 1.